The van der Waals surface area contributed by atoms with Gasteiger partial charge in [-0.1, -0.05) is 17.7 Å². The van der Waals surface area contributed by atoms with Crippen LogP contribution in [0, 0.1) is 0 Å². The molecule has 0 aliphatic carbocycles. The van der Waals surface area contributed by atoms with E-state index in [2.05, 4.69) is 0 Å². The van der Waals surface area contributed by atoms with Crippen molar-refractivity contribution in [3.8, 4) is 0 Å². The summed E-state index contributed by atoms with van der Waals surface area (Å²) in [5, 5.41) is 0.305. The highest BCUT2D eigenvalue weighted by molar-refractivity contribution is 6.34. The number of nitrogen functional groups attached to an aromatic ring is 1. The summed E-state index contributed by atoms with van der Waals surface area (Å²) in [5.74, 6) is -0.496. The van der Waals surface area contributed by atoms with E-state index in [4.69, 9.17) is 26.8 Å². The number of benzene rings is 1. The predicted octanol–water partition coefficient (Wildman–Crippen LogP) is 2.51. The first-order valence-electron chi connectivity index (χ1n) is 5.45. The molecule has 0 heterocycles. The number of esters is 1. The molecular weight excluding hydrogens is 242 g/mol. The minimum Gasteiger partial charge on any atom is -0.462 e. The number of halogens is 1. The van der Waals surface area contributed by atoms with Gasteiger partial charge in [-0.15, -0.1) is 0 Å². The van der Waals surface area contributed by atoms with E-state index in [1.807, 2.05) is 6.92 Å². The van der Waals surface area contributed by atoms with E-state index in [1.54, 1.807) is 18.2 Å². The molecule has 17 heavy (non-hydrogen) atoms. The van der Waals surface area contributed by atoms with Gasteiger partial charge in [0.1, 0.15) is 5.56 Å². The molecule has 94 valence electrons. The van der Waals surface area contributed by atoms with E-state index < -0.39 is 5.97 Å². The van der Waals surface area contributed by atoms with Crippen molar-refractivity contribution in [3.05, 3.63) is 28.8 Å². The summed E-state index contributed by atoms with van der Waals surface area (Å²) in [7, 11) is 0. The first-order valence-corrected chi connectivity index (χ1v) is 5.83. The molecule has 1 aromatic carbocycles. The Hall–Kier alpha value is -1.26. The average molecular weight is 258 g/mol. The molecule has 1 rings (SSSR count). The minimum absolute atomic E-state index is 0.227. The second kappa shape index (κ2) is 7.14. The van der Waals surface area contributed by atoms with E-state index in [-0.39, 0.29) is 5.56 Å². The normalized spacial score (nSPS) is 10.2. The van der Waals surface area contributed by atoms with Gasteiger partial charge in [-0.05, 0) is 19.1 Å². The molecule has 2 N–H and O–H groups in total. The largest absolute Gasteiger partial charge is 0.462 e. The molecule has 0 aromatic heterocycles. The van der Waals surface area contributed by atoms with Gasteiger partial charge in [-0.2, -0.15) is 0 Å². The molecule has 0 amide bonds. The average Bonchev–Trinajstić information content (AvgIpc) is 2.28. The molecule has 0 atom stereocenters. The van der Waals surface area contributed by atoms with E-state index in [0.29, 0.717) is 37.0 Å². The Morgan fingerprint density at radius 3 is 2.82 bits per heavy atom. The fraction of sp³-hybridized carbons (Fsp3) is 0.417. The zero-order chi connectivity index (χ0) is 12.7. The Morgan fingerprint density at radius 1 is 1.41 bits per heavy atom. The van der Waals surface area contributed by atoms with Crippen LogP contribution in [0.3, 0.4) is 0 Å². The number of hydrogen-bond acceptors (Lipinski definition) is 4. The van der Waals surface area contributed by atoms with Gasteiger partial charge >= 0.3 is 5.97 Å². The maximum absolute atomic E-state index is 11.7. The fourth-order valence-corrected chi connectivity index (χ4v) is 1.56. The van der Waals surface area contributed by atoms with Crippen LogP contribution in [0.1, 0.15) is 23.7 Å². The van der Waals surface area contributed by atoms with Crippen molar-refractivity contribution >= 4 is 23.3 Å². The smallest absolute Gasteiger partial charge is 0.341 e. The van der Waals surface area contributed by atoms with Gasteiger partial charge in [-0.25, -0.2) is 4.79 Å². The van der Waals surface area contributed by atoms with Gasteiger partial charge < -0.3 is 15.2 Å². The van der Waals surface area contributed by atoms with Crippen molar-refractivity contribution in [3.63, 3.8) is 0 Å². The van der Waals surface area contributed by atoms with Crippen LogP contribution in [0.15, 0.2) is 18.2 Å². The van der Waals surface area contributed by atoms with Crippen LogP contribution in [-0.2, 0) is 9.47 Å². The second-order valence-electron chi connectivity index (χ2n) is 3.39. The number of hydrogen-bond donors (Lipinski definition) is 1. The van der Waals surface area contributed by atoms with E-state index in [9.17, 15) is 4.79 Å². The molecule has 0 radical (unpaired) electrons. The van der Waals surface area contributed by atoms with Gasteiger partial charge in [-0.3, -0.25) is 0 Å². The topological polar surface area (TPSA) is 61.5 Å². The Balaban J connectivity index is 2.47. The molecule has 4 nitrogen and oxygen atoms in total. The third-order valence-electron chi connectivity index (χ3n) is 2.12. The Labute approximate surface area is 106 Å². The van der Waals surface area contributed by atoms with E-state index in [0.717, 1.165) is 0 Å². The summed E-state index contributed by atoms with van der Waals surface area (Å²) >= 11 is 5.88. The molecule has 0 unspecified atom stereocenters. The van der Waals surface area contributed by atoms with Crippen LogP contribution in [0.4, 0.5) is 5.69 Å². The molecule has 0 saturated carbocycles. The number of anilines is 1. The number of nitrogens with two attached hydrogens (primary N) is 1. The number of rotatable bonds is 6. The van der Waals surface area contributed by atoms with Crippen LogP contribution < -0.4 is 5.73 Å². The molecule has 0 fully saturated rings. The van der Waals surface area contributed by atoms with Crippen LogP contribution in [0.5, 0.6) is 0 Å². The molecule has 0 bridgehead atoms. The monoisotopic (exact) mass is 257 g/mol. The van der Waals surface area contributed by atoms with Crippen LogP contribution in [-0.4, -0.2) is 25.8 Å². The molecule has 0 aliphatic heterocycles. The summed E-state index contributed by atoms with van der Waals surface area (Å²) in [6, 6.07) is 4.90. The van der Waals surface area contributed by atoms with Gasteiger partial charge in [0.15, 0.2) is 0 Å². The van der Waals surface area contributed by atoms with Gasteiger partial charge in [0, 0.05) is 25.3 Å². The first-order chi connectivity index (χ1) is 8.16. The van der Waals surface area contributed by atoms with Crippen molar-refractivity contribution in [2.75, 3.05) is 25.6 Å². The number of carbonyl (C=O) groups excluding carboxylic acids is 1. The molecule has 1 aromatic rings. The lowest BCUT2D eigenvalue weighted by Crippen LogP contribution is -2.11. The Bertz CT molecular complexity index is 362. The van der Waals surface area contributed by atoms with Gasteiger partial charge in [0.05, 0.1) is 11.6 Å². The molecule has 0 saturated heterocycles. The molecular formula is C12H16ClNO3. The molecule has 0 spiro atoms. The number of carbonyl (C=O) groups is 1. The van der Waals surface area contributed by atoms with Crippen molar-refractivity contribution in [2.24, 2.45) is 0 Å². The Kier molecular flexibility index (Phi) is 5.80. The van der Waals surface area contributed by atoms with Crippen molar-refractivity contribution in [1.82, 2.24) is 0 Å². The summed E-state index contributed by atoms with van der Waals surface area (Å²) in [6.07, 6.45) is 0.657. The summed E-state index contributed by atoms with van der Waals surface area (Å²) in [5.41, 5.74) is 6.22. The van der Waals surface area contributed by atoms with Crippen molar-refractivity contribution in [2.45, 2.75) is 13.3 Å². The summed E-state index contributed by atoms with van der Waals surface area (Å²) in [4.78, 5) is 11.7. The summed E-state index contributed by atoms with van der Waals surface area (Å²) in [6.45, 7) is 3.44. The van der Waals surface area contributed by atoms with E-state index >= 15 is 0 Å². The summed E-state index contributed by atoms with van der Waals surface area (Å²) < 4.78 is 10.2. The predicted molar refractivity (Wildman–Crippen MR) is 67.3 cm³/mol. The quantitative estimate of drug-likeness (QED) is 0.483. The highest BCUT2D eigenvalue weighted by Gasteiger charge is 2.14. The first kappa shape index (κ1) is 13.8. The number of ether oxygens (including phenoxy) is 2. The SMILES string of the molecule is CCOCCCOC(=O)c1c(N)cccc1Cl. The Morgan fingerprint density at radius 2 is 2.18 bits per heavy atom. The lowest BCUT2D eigenvalue weighted by Gasteiger charge is -2.08. The van der Waals surface area contributed by atoms with Gasteiger partial charge in [0.2, 0.25) is 0 Å². The van der Waals surface area contributed by atoms with Gasteiger partial charge in [0.25, 0.3) is 0 Å². The fourth-order valence-electron chi connectivity index (χ4n) is 1.30. The lowest BCUT2D eigenvalue weighted by molar-refractivity contribution is 0.0454. The van der Waals surface area contributed by atoms with E-state index in [1.165, 1.54) is 0 Å². The third-order valence-corrected chi connectivity index (χ3v) is 2.44. The zero-order valence-electron chi connectivity index (χ0n) is 9.74. The minimum atomic E-state index is -0.496. The standard InChI is InChI=1S/C12H16ClNO3/c1-2-16-7-4-8-17-12(15)11-9(13)5-3-6-10(11)14/h3,5-6H,2,4,7-8,14H2,1H3. The zero-order valence-corrected chi connectivity index (χ0v) is 10.5. The van der Waals surface area contributed by atoms with Crippen LogP contribution in [0.2, 0.25) is 5.02 Å². The lowest BCUT2D eigenvalue weighted by atomic mass is 10.2. The van der Waals surface area contributed by atoms with Crippen LogP contribution in [0.25, 0.3) is 0 Å². The van der Waals surface area contributed by atoms with Crippen LogP contribution >= 0.6 is 11.6 Å². The third kappa shape index (κ3) is 4.24. The highest BCUT2D eigenvalue weighted by atomic mass is 35.5. The second-order valence-corrected chi connectivity index (χ2v) is 3.80. The van der Waals surface area contributed by atoms with Crippen molar-refractivity contribution < 1.29 is 14.3 Å². The highest BCUT2D eigenvalue weighted by Crippen LogP contribution is 2.22. The molecule has 0 aliphatic rings. The van der Waals surface area contributed by atoms with Crippen molar-refractivity contribution in [1.29, 1.82) is 0 Å². The maximum atomic E-state index is 11.7. The molecule has 5 heteroatoms. The maximum Gasteiger partial charge on any atom is 0.341 e.